The van der Waals surface area contributed by atoms with Crippen LogP contribution in [0.3, 0.4) is 0 Å². The molecule has 0 unspecified atom stereocenters. The van der Waals surface area contributed by atoms with Crippen molar-refractivity contribution in [3.8, 4) is 44.9 Å². The quantitative estimate of drug-likeness (QED) is 0.228. The molecule has 0 fully saturated rings. The third-order valence-corrected chi connectivity index (χ3v) is 7.58. The van der Waals surface area contributed by atoms with Gasteiger partial charge in [0, 0.05) is 10.9 Å². The van der Waals surface area contributed by atoms with E-state index in [1.54, 1.807) is 0 Å². The molecular formula is C36H22O. The average molecular weight is 472 g/mol. The molecule has 0 amide bonds. The van der Waals surface area contributed by atoms with E-state index in [1.807, 2.05) is 30.3 Å². The molecule has 1 heterocycles. The maximum absolute atomic E-state index is 8.46. The van der Waals surface area contributed by atoms with Gasteiger partial charge in [0.15, 0.2) is 0 Å². The Morgan fingerprint density at radius 1 is 0.459 bits per heavy atom. The molecule has 1 nitrogen and oxygen atoms in total. The van der Waals surface area contributed by atoms with Crippen LogP contribution in [0.15, 0.2) is 133 Å². The van der Waals surface area contributed by atoms with Gasteiger partial charge in [-0.15, -0.1) is 0 Å². The highest BCUT2D eigenvalue weighted by molar-refractivity contribution is 6.21. The zero-order valence-electron chi connectivity index (χ0n) is 21.0. The minimum Gasteiger partial charge on any atom is -0.456 e. The summed E-state index contributed by atoms with van der Waals surface area (Å²) in [5.74, 6) is 1.78. The van der Waals surface area contributed by atoms with Crippen LogP contribution in [0.4, 0.5) is 0 Å². The number of ether oxygens (including phenoxy) is 1. The van der Waals surface area contributed by atoms with E-state index in [4.69, 9.17) is 6.11 Å². The first-order chi connectivity index (χ1) is 18.8. The second-order valence-corrected chi connectivity index (χ2v) is 9.61. The number of benzene rings is 7. The SMILES string of the molecule is [2H]c1ccc2c(-c3ccc4c(c3)-c3cccc5cccc(c35)O4)c3ccccc3c(-c3ccccc3)c2c1. The monoisotopic (exact) mass is 471 g/mol. The third kappa shape index (κ3) is 2.98. The fraction of sp³-hybridized carbons (Fsp3) is 0. The molecule has 0 N–H and O–H groups in total. The maximum atomic E-state index is 8.46. The molecule has 0 saturated carbocycles. The summed E-state index contributed by atoms with van der Waals surface area (Å²) in [6.45, 7) is 0. The summed E-state index contributed by atoms with van der Waals surface area (Å²) < 4.78 is 14.8. The number of rotatable bonds is 2. The van der Waals surface area contributed by atoms with Crippen LogP contribution in [0.2, 0.25) is 0 Å². The second-order valence-electron chi connectivity index (χ2n) is 9.61. The Morgan fingerprint density at radius 3 is 1.95 bits per heavy atom. The molecule has 37 heavy (non-hydrogen) atoms. The number of hydrogen-bond donors (Lipinski definition) is 0. The van der Waals surface area contributed by atoms with Crippen molar-refractivity contribution in [1.29, 1.82) is 0 Å². The standard InChI is InChI=1S/C36H22O/c1-2-10-23(11-3-1)34-26-14-4-6-16-28(26)35(29-17-7-5-15-27(29)34)25-20-21-32-31(22-25)30-18-8-12-24-13-9-19-33(37-32)36(24)30/h1-22H/i4D. The van der Waals surface area contributed by atoms with Crippen molar-refractivity contribution in [3.63, 3.8) is 0 Å². The van der Waals surface area contributed by atoms with Gasteiger partial charge in [0.05, 0.1) is 1.37 Å². The first-order valence-electron chi connectivity index (χ1n) is 13.1. The van der Waals surface area contributed by atoms with Crippen molar-refractivity contribution in [2.75, 3.05) is 0 Å². The number of fused-ring (bicyclic) bond motifs is 4. The van der Waals surface area contributed by atoms with Crippen LogP contribution in [0.25, 0.3) is 65.7 Å². The van der Waals surface area contributed by atoms with Crippen LogP contribution in [0.1, 0.15) is 1.37 Å². The van der Waals surface area contributed by atoms with Gasteiger partial charge in [-0.1, -0.05) is 115 Å². The lowest BCUT2D eigenvalue weighted by Gasteiger charge is -2.23. The van der Waals surface area contributed by atoms with Gasteiger partial charge in [0.2, 0.25) is 0 Å². The summed E-state index contributed by atoms with van der Waals surface area (Å²) in [4.78, 5) is 0. The van der Waals surface area contributed by atoms with E-state index in [1.165, 1.54) is 32.8 Å². The molecule has 7 aromatic carbocycles. The maximum Gasteiger partial charge on any atom is 0.135 e. The minimum absolute atomic E-state index is 0.512. The van der Waals surface area contributed by atoms with Crippen LogP contribution in [-0.2, 0) is 0 Å². The topological polar surface area (TPSA) is 9.23 Å². The van der Waals surface area contributed by atoms with Gasteiger partial charge in [-0.2, -0.15) is 0 Å². The van der Waals surface area contributed by atoms with Gasteiger partial charge in [-0.05, 0) is 72.9 Å². The lowest BCUT2D eigenvalue weighted by molar-refractivity contribution is 0.487. The van der Waals surface area contributed by atoms with Gasteiger partial charge < -0.3 is 4.74 Å². The molecule has 0 aromatic heterocycles. The summed E-state index contributed by atoms with van der Waals surface area (Å²) >= 11 is 0. The van der Waals surface area contributed by atoms with Crippen molar-refractivity contribution >= 4 is 32.3 Å². The molecule has 0 radical (unpaired) electrons. The van der Waals surface area contributed by atoms with Crippen LogP contribution < -0.4 is 4.74 Å². The largest absolute Gasteiger partial charge is 0.456 e. The molecule has 0 atom stereocenters. The predicted molar refractivity (Wildman–Crippen MR) is 155 cm³/mol. The highest BCUT2D eigenvalue weighted by atomic mass is 16.5. The fourth-order valence-electron chi connectivity index (χ4n) is 6.01. The fourth-order valence-corrected chi connectivity index (χ4v) is 6.01. The van der Waals surface area contributed by atoms with E-state index in [0.29, 0.717) is 6.04 Å². The minimum atomic E-state index is 0.512. The van der Waals surface area contributed by atoms with E-state index in [0.717, 1.165) is 44.3 Å². The van der Waals surface area contributed by atoms with E-state index >= 15 is 0 Å². The molecule has 0 bridgehead atoms. The van der Waals surface area contributed by atoms with Crippen molar-refractivity contribution in [2.24, 2.45) is 0 Å². The third-order valence-electron chi connectivity index (χ3n) is 7.58. The Balaban J connectivity index is 1.47. The van der Waals surface area contributed by atoms with E-state index in [2.05, 4.69) is 97.1 Å². The Hall–Kier alpha value is -4.88. The van der Waals surface area contributed by atoms with E-state index in [9.17, 15) is 0 Å². The van der Waals surface area contributed by atoms with Crippen LogP contribution in [0, 0.1) is 0 Å². The van der Waals surface area contributed by atoms with E-state index in [-0.39, 0.29) is 0 Å². The van der Waals surface area contributed by atoms with Gasteiger partial charge in [0.1, 0.15) is 11.5 Å². The summed E-state index contributed by atoms with van der Waals surface area (Å²) in [5.41, 5.74) is 6.96. The first kappa shape index (κ1) is 19.3. The first-order valence-corrected chi connectivity index (χ1v) is 12.6. The summed E-state index contributed by atoms with van der Waals surface area (Å²) in [6, 6.07) is 44.9. The van der Waals surface area contributed by atoms with E-state index < -0.39 is 0 Å². The molecule has 0 spiro atoms. The Bertz CT molecular complexity index is 2050. The zero-order chi connectivity index (χ0) is 25.2. The van der Waals surface area contributed by atoms with Gasteiger partial charge in [-0.25, -0.2) is 0 Å². The molecule has 8 rings (SSSR count). The average Bonchev–Trinajstić information content (AvgIpc) is 2.96. The molecule has 0 saturated heterocycles. The Labute approximate surface area is 216 Å². The van der Waals surface area contributed by atoms with Crippen molar-refractivity contribution in [1.82, 2.24) is 0 Å². The van der Waals surface area contributed by atoms with Gasteiger partial charge in [0.25, 0.3) is 0 Å². The van der Waals surface area contributed by atoms with Crippen LogP contribution in [0.5, 0.6) is 11.5 Å². The normalized spacial score (nSPS) is 12.4. The lowest BCUT2D eigenvalue weighted by atomic mass is 9.85. The smallest absolute Gasteiger partial charge is 0.135 e. The van der Waals surface area contributed by atoms with Crippen LogP contribution in [-0.4, -0.2) is 0 Å². The second kappa shape index (κ2) is 7.81. The van der Waals surface area contributed by atoms with Crippen molar-refractivity contribution < 1.29 is 6.11 Å². The zero-order valence-corrected chi connectivity index (χ0v) is 20.0. The molecule has 1 aliphatic heterocycles. The van der Waals surface area contributed by atoms with Crippen molar-refractivity contribution in [3.05, 3.63) is 133 Å². The highest BCUT2D eigenvalue weighted by Crippen LogP contribution is 2.49. The molecule has 172 valence electrons. The molecule has 7 aromatic rings. The Morgan fingerprint density at radius 2 is 1.14 bits per heavy atom. The predicted octanol–water partition coefficient (Wildman–Crippen LogP) is 10.3. The van der Waals surface area contributed by atoms with Gasteiger partial charge in [-0.3, -0.25) is 0 Å². The summed E-state index contributed by atoms with van der Waals surface area (Å²) in [6.07, 6.45) is 0. The number of hydrogen-bond acceptors (Lipinski definition) is 1. The highest BCUT2D eigenvalue weighted by Gasteiger charge is 2.22. The molecule has 1 heteroatoms. The Kier molecular flexibility index (Phi) is 4.08. The van der Waals surface area contributed by atoms with Crippen LogP contribution >= 0.6 is 0 Å². The molecule has 1 aliphatic rings. The van der Waals surface area contributed by atoms with Gasteiger partial charge >= 0.3 is 0 Å². The summed E-state index contributed by atoms with van der Waals surface area (Å²) in [7, 11) is 0. The molecular weight excluding hydrogens is 448 g/mol. The van der Waals surface area contributed by atoms with Crippen molar-refractivity contribution in [2.45, 2.75) is 0 Å². The summed E-state index contributed by atoms with van der Waals surface area (Å²) in [5, 5.41) is 6.97. The lowest BCUT2D eigenvalue weighted by Crippen LogP contribution is -1.97. The molecule has 0 aliphatic carbocycles.